The number of hydrogen-bond donors (Lipinski definition) is 2. The smallest absolute Gasteiger partial charge is 0.191 e. The highest BCUT2D eigenvalue weighted by molar-refractivity contribution is 5.79. The number of rotatable bonds is 10. The van der Waals surface area contributed by atoms with Crippen molar-refractivity contribution in [2.75, 3.05) is 19.6 Å². The molecule has 0 fully saturated rings. The van der Waals surface area contributed by atoms with Crippen LogP contribution >= 0.6 is 0 Å². The van der Waals surface area contributed by atoms with E-state index >= 15 is 0 Å². The first-order chi connectivity index (χ1) is 14.3. The SMILES string of the molecule is CCNC(=NCCCCn1ccnc1C)NCCc1ccc(-n2cccn2)cc1. The second-order valence-electron chi connectivity index (χ2n) is 6.93. The summed E-state index contributed by atoms with van der Waals surface area (Å²) in [5, 5.41) is 11.0. The minimum atomic E-state index is 0.821. The van der Waals surface area contributed by atoms with E-state index in [-0.39, 0.29) is 0 Å². The topological polar surface area (TPSA) is 72.1 Å². The molecule has 29 heavy (non-hydrogen) atoms. The maximum absolute atomic E-state index is 4.69. The molecule has 0 spiro atoms. The second-order valence-corrected chi connectivity index (χ2v) is 6.93. The highest BCUT2D eigenvalue weighted by atomic mass is 15.3. The molecule has 2 heterocycles. The predicted octanol–water partition coefficient (Wildman–Crippen LogP) is 2.96. The maximum atomic E-state index is 4.69. The van der Waals surface area contributed by atoms with Gasteiger partial charge in [-0.15, -0.1) is 0 Å². The number of aliphatic imine (C=N–C) groups is 1. The van der Waals surface area contributed by atoms with E-state index < -0.39 is 0 Å². The van der Waals surface area contributed by atoms with Crippen LogP contribution in [-0.4, -0.2) is 44.9 Å². The van der Waals surface area contributed by atoms with Gasteiger partial charge in [-0.2, -0.15) is 5.10 Å². The van der Waals surface area contributed by atoms with Crippen molar-refractivity contribution < 1.29 is 0 Å². The lowest BCUT2D eigenvalue weighted by molar-refractivity contribution is 0.600. The molecule has 0 radical (unpaired) electrons. The van der Waals surface area contributed by atoms with Gasteiger partial charge in [0.25, 0.3) is 0 Å². The van der Waals surface area contributed by atoms with Crippen molar-refractivity contribution >= 4 is 5.96 Å². The molecule has 7 nitrogen and oxygen atoms in total. The number of hydrogen-bond acceptors (Lipinski definition) is 3. The van der Waals surface area contributed by atoms with E-state index in [9.17, 15) is 0 Å². The minimum absolute atomic E-state index is 0.821. The first kappa shape index (κ1) is 20.6. The Morgan fingerprint density at radius 1 is 1.07 bits per heavy atom. The van der Waals surface area contributed by atoms with Crippen LogP contribution in [0.15, 0.2) is 60.1 Å². The Kier molecular flexibility index (Phi) is 7.86. The van der Waals surface area contributed by atoms with E-state index in [0.717, 1.165) is 62.9 Å². The molecule has 3 aromatic rings. The fourth-order valence-electron chi connectivity index (χ4n) is 3.13. The van der Waals surface area contributed by atoms with Gasteiger partial charge in [0.2, 0.25) is 0 Å². The lowest BCUT2D eigenvalue weighted by atomic mass is 10.1. The molecular weight excluding hydrogens is 362 g/mol. The van der Waals surface area contributed by atoms with Crippen molar-refractivity contribution in [2.45, 2.75) is 39.7 Å². The van der Waals surface area contributed by atoms with E-state index in [1.165, 1.54) is 5.56 Å². The molecule has 1 aromatic carbocycles. The lowest BCUT2D eigenvalue weighted by Crippen LogP contribution is -2.38. The van der Waals surface area contributed by atoms with Crippen LogP contribution < -0.4 is 10.6 Å². The molecule has 154 valence electrons. The molecule has 2 N–H and O–H groups in total. The van der Waals surface area contributed by atoms with Gasteiger partial charge >= 0.3 is 0 Å². The third kappa shape index (κ3) is 6.48. The molecule has 0 bridgehead atoms. The Morgan fingerprint density at radius 2 is 1.93 bits per heavy atom. The van der Waals surface area contributed by atoms with Crippen molar-refractivity contribution in [1.82, 2.24) is 30.0 Å². The van der Waals surface area contributed by atoms with Crippen LogP contribution in [0.25, 0.3) is 5.69 Å². The van der Waals surface area contributed by atoms with E-state index in [2.05, 4.69) is 56.5 Å². The van der Waals surface area contributed by atoms with Gasteiger partial charge < -0.3 is 15.2 Å². The number of aryl methyl sites for hydroxylation is 2. The quantitative estimate of drug-likeness (QED) is 0.316. The zero-order chi connectivity index (χ0) is 20.3. The van der Waals surface area contributed by atoms with E-state index in [1.807, 2.05) is 36.3 Å². The van der Waals surface area contributed by atoms with Crippen LogP contribution in [0.4, 0.5) is 0 Å². The average Bonchev–Trinajstić information content (AvgIpc) is 3.40. The standard InChI is InChI=1S/C22H31N7/c1-3-23-22(25-12-4-5-16-28-18-15-24-19(28)2)26-14-11-20-7-9-21(10-8-20)29-17-6-13-27-29/h6-10,13,15,17-18H,3-5,11-12,14,16H2,1-2H3,(H2,23,25,26). The number of unbranched alkanes of at least 4 members (excludes halogenated alkanes) is 1. The third-order valence-corrected chi connectivity index (χ3v) is 4.76. The molecule has 0 atom stereocenters. The molecule has 0 aliphatic rings. The van der Waals surface area contributed by atoms with Crippen molar-refractivity contribution in [3.63, 3.8) is 0 Å². The monoisotopic (exact) mass is 393 g/mol. The Labute approximate surface area is 172 Å². The molecule has 0 saturated carbocycles. The Morgan fingerprint density at radius 3 is 2.62 bits per heavy atom. The fraction of sp³-hybridized carbons (Fsp3) is 0.409. The van der Waals surface area contributed by atoms with E-state index in [1.54, 1.807) is 6.20 Å². The first-order valence-corrected chi connectivity index (χ1v) is 10.3. The summed E-state index contributed by atoms with van der Waals surface area (Å²) in [6.45, 7) is 7.66. The number of guanidine groups is 1. The van der Waals surface area contributed by atoms with Gasteiger partial charge in [0.15, 0.2) is 5.96 Å². The maximum Gasteiger partial charge on any atom is 0.191 e. The normalized spacial score (nSPS) is 11.6. The molecule has 7 heteroatoms. The van der Waals surface area contributed by atoms with Crippen molar-refractivity contribution in [1.29, 1.82) is 0 Å². The number of imidazole rings is 1. The molecule has 0 unspecified atom stereocenters. The van der Waals surface area contributed by atoms with Crippen LogP contribution in [0.2, 0.25) is 0 Å². The van der Waals surface area contributed by atoms with Crippen LogP contribution in [0.1, 0.15) is 31.2 Å². The van der Waals surface area contributed by atoms with Crippen LogP contribution in [0, 0.1) is 6.92 Å². The van der Waals surface area contributed by atoms with Crippen LogP contribution in [0.3, 0.4) is 0 Å². The number of nitrogens with one attached hydrogen (secondary N) is 2. The summed E-state index contributed by atoms with van der Waals surface area (Å²) in [4.78, 5) is 8.95. The predicted molar refractivity (Wildman–Crippen MR) is 117 cm³/mol. The molecule has 2 aromatic heterocycles. The highest BCUT2D eigenvalue weighted by Crippen LogP contribution is 2.08. The molecular formula is C22H31N7. The average molecular weight is 394 g/mol. The van der Waals surface area contributed by atoms with Crippen molar-refractivity contribution in [3.8, 4) is 5.69 Å². The summed E-state index contributed by atoms with van der Waals surface area (Å²) in [7, 11) is 0. The van der Waals surface area contributed by atoms with Gasteiger partial charge in [0, 0.05) is 51.0 Å². The number of nitrogens with zero attached hydrogens (tertiary/aromatic N) is 5. The molecule has 0 amide bonds. The summed E-state index contributed by atoms with van der Waals surface area (Å²) in [5.41, 5.74) is 2.37. The number of benzene rings is 1. The molecule has 3 rings (SSSR count). The van der Waals surface area contributed by atoms with Crippen molar-refractivity contribution in [3.05, 3.63) is 66.5 Å². The van der Waals surface area contributed by atoms with Gasteiger partial charge in [0.1, 0.15) is 5.82 Å². The Hall–Kier alpha value is -3.09. The van der Waals surface area contributed by atoms with Crippen LogP contribution in [0.5, 0.6) is 0 Å². The summed E-state index contributed by atoms with van der Waals surface area (Å²) in [5.74, 6) is 1.96. The Balaban J connectivity index is 1.39. The Bertz CT molecular complexity index is 863. The highest BCUT2D eigenvalue weighted by Gasteiger charge is 2.00. The second kappa shape index (κ2) is 11.0. The third-order valence-electron chi connectivity index (χ3n) is 4.76. The summed E-state index contributed by atoms with van der Waals surface area (Å²) < 4.78 is 4.05. The van der Waals surface area contributed by atoms with E-state index in [4.69, 9.17) is 4.99 Å². The van der Waals surface area contributed by atoms with E-state index in [0.29, 0.717) is 0 Å². The van der Waals surface area contributed by atoms with Gasteiger partial charge in [-0.25, -0.2) is 9.67 Å². The van der Waals surface area contributed by atoms with Gasteiger partial charge in [-0.3, -0.25) is 4.99 Å². The number of aromatic nitrogens is 4. The molecule has 0 aliphatic carbocycles. The first-order valence-electron chi connectivity index (χ1n) is 10.3. The molecule has 0 saturated heterocycles. The zero-order valence-electron chi connectivity index (χ0n) is 17.4. The lowest BCUT2D eigenvalue weighted by Gasteiger charge is -2.12. The minimum Gasteiger partial charge on any atom is -0.357 e. The fourth-order valence-corrected chi connectivity index (χ4v) is 3.13. The van der Waals surface area contributed by atoms with Gasteiger partial charge in [0.05, 0.1) is 5.69 Å². The summed E-state index contributed by atoms with van der Waals surface area (Å²) >= 11 is 0. The van der Waals surface area contributed by atoms with Gasteiger partial charge in [-0.05, 0) is 56.9 Å². The zero-order valence-corrected chi connectivity index (χ0v) is 17.4. The summed E-state index contributed by atoms with van der Waals surface area (Å²) in [6, 6.07) is 10.4. The molecule has 0 aliphatic heterocycles. The van der Waals surface area contributed by atoms with Crippen molar-refractivity contribution in [2.24, 2.45) is 4.99 Å². The summed E-state index contributed by atoms with van der Waals surface area (Å²) in [6.07, 6.45) is 10.7. The van der Waals surface area contributed by atoms with Gasteiger partial charge in [-0.1, -0.05) is 12.1 Å². The largest absolute Gasteiger partial charge is 0.357 e. The van der Waals surface area contributed by atoms with Crippen LogP contribution in [-0.2, 0) is 13.0 Å².